The smallest absolute Gasteiger partial charge is 0.243 e. The van der Waals surface area contributed by atoms with Gasteiger partial charge in [0.1, 0.15) is 0 Å². The fourth-order valence-electron chi connectivity index (χ4n) is 3.91. The van der Waals surface area contributed by atoms with Gasteiger partial charge in [0.05, 0.1) is 17.1 Å². The van der Waals surface area contributed by atoms with Gasteiger partial charge in [-0.05, 0) is 37.1 Å². The van der Waals surface area contributed by atoms with Crippen LogP contribution < -0.4 is 0 Å². The molecule has 2 aromatic rings. The third kappa shape index (κ3) is 5.34. The maximum atomic E-state index is 12.8. The molecule has 9 heteroatoms. The lowest BCUT2D eigenvalue weighted by atomic mass is 10.2. The van der Waals surface area contributed by atoms with Crippen molar-refractivity contribution in [2.24, 2.45) is 0 Å². The van der Waals surface area contributed by atoms with E-state index in [1.807, 2.05) is 23.1 Å². The number of sulfonamides is 1. The molecular formula is C23H28N4O4S. The molecule has 0 unspecified atom stereocenters. The summed E-state index contributed by atoms with van der Waals surface area (Å²) in [5, 5.41) is 0. The standard InChI is InChI=1S/C23H28N4O4S/c28-22(11-12-23(29)27(20-9-10-20)18-19-6-4-5-13-24-19)25-14-16-26(17-15-25)32(30,31)21-7-2-1-3-8-21/h1-8,13,20H,9-12,14-18H2. The lowest BCUT2D eigenvalue weighted by molar-refractivity contribution is -0.138. The Morgan fingerprint density at radius 2 is 1.62 bits per heavy atom. The van der Waals surface area contributed by atoms with Gasteiger partial charge in [-0.2, -0.15) is 4.31 Å². The van der Waals surface area contributed by atoms with Crippen molar-refractivity contribution in [3.63, 3.8) is 0 Å². The zero-order valence-corrected chi connectivity index (χ0v) is 18.8. The van der Waals surface area contributed by atoms with Gasteiger partial charge in [0.2, 0.25) is 21.8 Å². The van der Waals surface area contributed by atoms with Gasteiger partial charge in [-0.3, -0.25) is 14.6 Å². The van der Waals surface area contributed by atoms with E-state index >= 15 is 0 Å². The van der Waals surface area contributed by atoms with Crippen molar-refractivity contribution in [2.45, 2.75) is 43.2 Å². The molecule has 0 atom stereocenters. The molecule has 8 nitrogen and oxygen atoms in total. The molecule has 1 aliphatic carbocycles. The number of rotatable bonds is 8. The maximum Gasteiger partial charge on any atom is 0.243 e. The summed E-state index contributed by atoms with van der Waals surface area (Å²) >= 11 is 0. The molecule has 170 valence electrons. The summed E-state index contributed by atoms with van der Waals surface area (Å²) < 4.78 is 26.9. The van der Waals surface area contributed by atoms with Crippen molar-refractivity contribution in [1.29, 1.82) is 0 Å². The number of nitrogens with zero attached hydrogens (tertiary/aromatic N) is 4. The predicted molar refractivity (Wildman–Crippen MR) is 119 cm³/mol. The zero-order valence-electron chi connectivity index (χ0n) is 18.0. The highest BCUT2D eigenvalue weighted by atomic mass is 32.2. The molecule has 2 heterocycles. The number of pyridine rings is 1. The van der Waals surface area contributed by atoms with E-state index in [-0.39, 0.29) is 48.7 Å². The van der Waals surface area contributed by atoms with E-state index in [0.29, 0.717) is 19.6 Å². The number of carbonyl (C=O) groups excluding carboxylic acids is 2. The highest BCUT2D eigenvalue weighted by Gasteiger charge is 2.34. The van der Waals surface area contributed by atoms with Crippen LogP contribution >= 0.6 is 0 Å². The highest BCUT2D eigenvalue weighted by Crippen LogP contribution is 2.29. The number of hydrogen-bond acceptors (Lipinski definition) is 5. The van der Waals surface area contributed by atoms with Gasteiger partial charge < -0.3 is 9.80 Å². The van der Waals surface area contributed by atoms with Gasteiger partial charge in [-0.25, -0.2) is 8.42 Å². The van der Waals surface area contributed by atoms with Crippen LogP contribution in [0.1, 0.15) is 31.4 Å². The molecule has 1 saturated carbocycles. The molecule has 2 fully saturated rings. The Morgan fingerprint density at radius 3 is 2.25 bits per heavy atom. The molecule has 4 rings (SSSR count). The molecule has 0 radical (unpaired) electrons. The van der Waals surface area contributed by atoms with E-state index in [1.165, 1.54) is 4.31 Å². The van der Waals surface area contributed by atoms with E-state index in [1.54, 1.807) is 41.4 Å². The van der Waals surface area contributed by atoms with Crippen molar-refractivity contribution in [3.8, 4) is 0 Å². The first-order valence-electron chi connectivity index (χ1n) is 11.0. The monoisotopic (exact) mass is 456 g/mol. The molecule has 1 aromatic carbocycles. The van der Waals surface area contributed by atoms with Crippen molar-refractivity contribution in [1.82, 2.24) is 19.1 Å². The quantitative estimate of drug-likeness (QED) is 0.605. The summed E-state index contributed by atoms with van der Waals surface area (Å²) in [5.41, 5.74) is 0.842. The van der Waals surface area contributed by atoms with Gasteiger partial charge >= 0.3 is 0 Å². The Kier molecular flexibility index (Phi) is 6.86. The average molecular weight is 457 g/mol. The average Bonchev–Trinajstić information content (AvgIpc) is 3.67. The van der Waals surface area contributed by atoms with Crippen molar-refractivity contribution in [3.05, 3.63) is 60.4 Å². The molecular weight excluding hydrogens is 428 g/mol. The predicted octanol–water partition coefficient (Wildman–Crippen LogP) is 1.89. The van der Waals surface area contributed by atoms with Gasteiger partial charge in [0, 0.05) is 51.3 Å². The number of piperazine rings is 1. The van der Waals surface area contributed by atoms with Gasteiger partial charge in [-0.1, -0.05) is 24.3 Å². The zero-order chi connectivity index (χ0) is 22.6. The minimum atomic E-state index is -3.55. The molecule has 1 aliphatic heterocycles. The summed E-state index contributed by atoms with van der Waals surface area (Å²) in [6.07, 6.45) is 3.99. The van der Waals surface area contributed by atoms with Gasteiger partial charge in [0.15, 0.2) is 0 Å². The van der Waals surface area contributed by atoms with E-state index in [2.05, 4.69) is 4.98 Å². The van der Waals surface area contributed by atoms with E-state index in [9.17, 15) is 18.0 Å². The second-order valence-electron chi connectivity index (χ2n) is 8.17. The van der Waals surface area contributed by atoms with Crippen LogP contribution in [0.25, 0.3) is 0 Å². The Labute approximate surface area is 188 Å². The van der Waals surface area contributed by atoms with E-state index < -0.39 is 10.0 Å². The first-order valence-corrected chi connectivity index (χ1v) is 12.4. The molecule has 2 amide bonds. The maximum absolute atomic E-state index is 12.8. The third-order valence-electron chi connectivity index (χ3n) is 5.89. The van der Waals surface area contributed by atoms with Crippen LogP contribution in [-0.4, -0.2) is 71.5 Å². The van der Waals surface area contributed by atoms with Gasteiger partial charge in [-0.15, -0.1) is 0 Å². The minimum Gasteiger partial charge on any atom is -0.340 e. The summed E-state index contributed by atoms with van der Waals surface area (Å²) in [4.78, 5) is 33.5. The van der Waals surface area contributed by atoms with Crippen molar-refractivity contribution in [2.75, 3.05) is 26.2 Å². The molecule has 0 bridgehead atoms. The SMILES string of the molecule is O=C(CCC(=O)N(Cc1ccccn1)C1CC1)N1CCN(S(=O)(=O)c2ccccc2)CC1. The Bertz CT molecular complexity index is 1030. The summed E-state index contributed by atoms with van der Waals surface area (Å²) in [5.74, 6) is -0.138. The molecule has 1 saturated heterocycles. The molecule has 2 aliphatic rings. The van der Waals surface area contributed by atoms with Crippen LogP contribution in [-0.2, 0) is 26.2 Å². The molecule has 0 spiro atoms. The minimum absolute atomic E-state index is 0.0307. The fraction of sp³-hybridized carbons (Fsp3) is 0.435. The molecule has 0 N–H and O–H groups in total. The number of hydrogen-bond donors (Lipinski definition) is 0. The van der Waals surface area contributed by atoms with Gasteiger partial charge in [0.25, 0.3) is 0 Å². The highest BCUT2D eigenvalue weighted by molar-refractivity contribution is 7.89. The van der Waals surface area contributed by atoms with Crippen LogP contribution in [0.3, 0.4) is 0 Å². The lowest BCUT2D eigenvalue weighted by Crippen LogP contribution is -2.50. The summed E-state index contributed by atoms with van der Waals surface area (Å²) in [7, 11) is -3.55. The summed E-state index contributed by atoms with van der Waals surface area (Å²) in [6.45, 7) is 1.64. The topological polar surface area (TPSA) is 90.9 Å². The Balaban J connectivity index is 1.27. The number of benzene rings is 1. The van der Waals surface area contributed by atoms with Crippen LogP contribution in [0.15, 0.2) is 59.6 Å². The van der Waals surface area contributed by atoms with Crippen LogP contribution in [0.5, 0.6) is 0 Å². The lowest BCUT2D eigenvalue weighted by Gasteiger charge is -2.34. The van der Waals surface area contributed by atoms with Crippen molar-refractivity contribution < 1.29 is 18.0 Å². The number of aromatic nitrogens is 1. The normalized spacial score (nSPS) is 17.2. The van der Waals surface area contributed by atoms with Crippen LogP contribution in [0.4, 0.5) is 0 Å². The number of amides is 2. The summed E-state index contributed by atoms with van der Waals surface area (Å²) in [6, 6.07) is 14.2. The second-order valence-corrected chi connectivity index (χ2v) is 10.1. The molecule has 1 aromatic heterocycles. The van der Waals surface area contributed by atoms with Crippen LogP contribution in [0, 0.1) is 0 Å². The first kappa shape index (κ1) is 22.4. The second kappa shape index (κ2) is 9.79. The fourth-order valence-corrected chi connectivity index (χ4v) is 5.35. The first-order chi connectivity index (χ1) is 15.4. The Hall–Kier alpha value is -2.78. The molecule has 32 heavy (non-hydrogen) atoms. The third-order valence-corrected chi connectivity index (χ3v) is 7.80. The van der Waals surface area contributed by atoms with Crippen molar-refractivity contribution >= 4 is 21.8 Å². The van der Waals surface area contributed by atoms with Crippen LogP contribution in [0.2, 0.25) is 0 Å². The Morgan fingerprint density at radius 1 is 0.938 bits per heavy atom. The van der Waals surface area contributed by atoms with E-state index in [0.717, 1.165) is 18.5 Å². The van der Waals surface area contributed by atoms with E-state index in [4.69, 9.17) is 0 Å². The number of carbonyl (C=O) groups is 2. The largest absolute Gasteiger partial charge is 0.340 e.